The minimum Gasteiger partial charge on any atom is -0.399 e. The number of nitriles is 1. The summed E-state index contributed by atoms with van der Waals surface area (Å²) in [6, 6.07) is 6.17. The van der Waals surface area contributed by atoms with Crippen LogP contribution in [0.15, 0.2) is 18.2 Å². The summed E-state index contributed by atoms with van der Waals surface area (Å²) in [5.41, 5.74) is 11.1. The number of hydrogen-bond acceptors (Lipinski definition) is 5. The van der Waals surface area contributed by atoms with Crippen LogP contribution < -0.4 is 11.5 Å². The van der Waals surface area contributed by atoms with E-state index in [2.05, 4.69) is 0 Å². The molecule has 0 saturated heterocycles. The average molecular weight is 235 g/mol. The van der Waals surface area contributed by atoms with Gasteiger partial charge in [0.05, 0.1) is 24.2 Å². The van der Waals surface area contributed by atoms with Gasteiger partial charge in [-0.05, 0) is 12.1 Å². The van der Waals surface area contributed by atoms with Crippen molar-refractivity contribution in [3.8, 4) is 6.07 Å². The van der Waals surface area contributed by atoms with Gasteiger partial charge in [-0.15, -0.1) is 0 Å². The first kappa shape index (κ1) is 13.0. The molecule has 0 radical (unpaired) electrons. The Bertz CT molecular complexity index is 468. The van der Waals surface area contributed by atoms with Crippen LogP contribution in [0.4, 0.5) is 5.69 Å². The Kier molecular flexibility index (Phi) is 4.04. The van der Waals surface area contributed by atoms with Crippen molar-refractivity contribution in [2.24, 2.45) is 5.73 Å². The van der Waals surface area contributed by atoms with Crippen LogP contribution in [-0.4, -0.2) is 22.2 Å². The molecule has 1 aromatic rings. The van der Waals surface area contributed by atoms with Gasteiger partial charge in [-0.1, -0.05) is 6.07 Å². The van der Waals surface area contributed by atoms with Crippen LogP contribution in [0.25, 0.3) is 0 Å². The number of hydrogen-bond donors (Lipinski definition) is 4. The molecule has 2 unspecified atom stereocenters. The molecule has 0 aromatic heterocycles. The maximum atomic E-state index is 10.6. The molecule has 1 rings (SSSR count). The summed E-state index contributed by atoms with van der Waals surface area (Å²) in [7, 11) is 0. The second-order valence-electron chi connectivity index (χ2n) is 3.64. The van der Waals surface area contributed by atoms with E-state index in [-0.39, 0.29) is 17.5 Å². The fourth-order valence-corrected chi connectivity index (χ4v) is 1.45. The predicted octanol–water partition coefficient (Wildman–Crippen LogP) is -0.590. The van der Waals surface area contributed by atoms with E-state index >= 15 is 0 Å². The Hall–Kier alpha value is -2.10. The van der Waals surface area contributed by atoms with E-state index < -0.39 is 18.1 Å². The number of aliphatic hydroxyl groups is 2. The summed E-state index contributed by atoms with van der Waals surface area (Å²) in [5.74, 6) is -0.731. The SMILES string of the molecule is N#Cc1cc(N)ccc1C(O)C(O)CC(N)=O. The van der Waals surface area contributed by atoms with Crippen LogP contribution in [0, 0.1) is 11.3 Å². The topological polar surface area (TPSA) is 133 Å². The molecule has 90 valence electrons. The van der Waals surface area contributed by atoms with Crippen LogP contribution in [0.3, 0.4) is 0 Å². The molecule has 0 heterocycles. The molecule has 6 heteroatoms. The number of carbonyl (C=O) groups is 1. The lowest BCUT2D eigenvalue weighted by Gasteiger charge is -2.18. The third-order valence-corrected chi connectivity index (χ3v) is 2.29. The molecule has 2 atom stereocenters. The summed E-state index contributed by atoms with van der Waals surface area (Å²) < 4.78 is 0. The van der Waals surface area contributed by atoms with Crippen molar-refractivity contribution in [3.05, 3.63) is 29.3 Å². The number of amides is 1. The molecule has 0 saturated carbocycles. The van der Waals surface area contributed by atoms with Crippen LogP contribution in [0.5, 0.6) is 0 Å². The Labute approximate surface area is 98.1 Å². The number of nitrogens with two attached hydrogens (primary N) is 2. The average Bonchev–Trinajstić information content (AvgIpc) is 2.27. The van der Waals surface area contributed by atoms with Crippen molar-refractivity contribution in [3.63, 3.8) is 0 Å². The number of aliphatic hydroxyl groups excluding tert-OH is 2. The fraction of sp³-hybridized carbons (Fsp3) is 0.273. The lowest BCUT2D eigenvalue weighted by atomic mass is 9.97. The molecule has 0 bridgehead atoms. The molecule has 0 spiro atoms. The van der Waals surface area contributed by atoms with Gasteiger partial charge in [0.25, 0.3) is 0 Å². The van der Waals surface area contributed by atoms with Crippen LogP contribution >= 0.6 is 0 Å². The van der Waals surface area contributed by atoms with Gasteiger partial charge in [0.15, 0.2) is 0 Å². The zero-order valence-corrected chi connectivity index (χ0v) is 9.00. The zero-order valence-electron chi connectivity index (χ0n) is 9.00. The van der Waals surface area contributed by atoms with Crippen molar-refractivity contribution in [2.45, 2.75) is 18.6 Å². The monoisotopic (exact) mass is 235 g/mol. The second-order valence-corrected chi connectivity index (χ2v) is 3.64. The van der Waals surface area contributed by atoms with Crippen molar-refractivity contribution in [1.29, 1.82) is 5.26 Å². The van der Waals surface area contributed by atoms with Gasteiger partial charge in [-0.3, -0.25) is 4.79 Å². The standard InChI is InChI=1S/C11H13N3O3/c12-5-6-3-7(13)1-2-8(6)11(17)9(15)4-10(14)16/h1-3,9,11,15,17H,4,13H2,(H2,14,16). The number of carbonyl (C=O) groups excluding carboxylic acids is 1. The summed E-state index contributed by atoms with van der Waals surface area (Å²) in [5, 5.41) is 28.2. The van der Waals surface area contributed by atoms with Gasteiger partial charge >= 0.3 is 0 Å². The molecule has 0 aliphatic carbocycles. The molecule has 6 nitrogen and oxygen atoms in total. The molecular formula is C11H13N3O3. The zero-order chi connectivity index (χ0) is 13.0. The lowest BCUT2D eigenvalue weighted by Crippen LogP contribution is -2.26. The summed E-state index contributed by atoms with van der Waals surface area (Å²) in [6.07, 6.45) is -3.07. The highest BCUT2D eigenvalue weighted by Gasteiger charge is 2.22. The van der Waals surface area contributed by atoms with E-state index in [1.807, 2.05) is 6.07 Å². The van der Waals surface area contributed by atoms with Crippen molar-refractivity contribution in [1.82, 2.24) is 0 Å². The number of rotatable bonds is 4. The summed E-state index contributed by atoms with van der Waals surface area (Å²) >= 11 is 0. The quantitative estimate of drug-likeness (QED) is 0.517. The number of nitrogen functional groups attached to an aromatic ring is 1. The van der Waals surface area contributed by atoms with Gasteiger partial charge in [-0.25, -0.2) is 0 Å². The number of benzene rings is 1. The molecule has 0 aliphatic rings. The Morgan fingerprint density at radius 3 is 2.65 bits per heavy atom. The normalized spacial score (nSPS) is 13.7. The summed E-state index contributed by atoms with van der Waals surface area (Å²) in [6.45, 7) is 0. The number of nitrogens with zero attached hydrogens (tertiary/aromatic N) is 1. The number of primary amides is 1. The highest BCUT2D eigenvalue weighted by Crippen LogP contribution is 2.24. The lowest BCUT2D eigenvalue weighted by molar-refractivity contribution is -0.121. The van der Waals surface area contributed by atoms with Crippen molar-refractivity contribution in [2.75, 3.05) is 5.73 Å². The minimum atomic E-state index is -1.35. The van der Waals surface area contributed by atoms with E-state index in [1.54, 1.807) is 0 Å². The third-order valence-electron chi connectivity index (χ3n) is 2.29. The van der Waals surface area contributed by atoms with Crippen LogP contribution in [-0.2, 0) is 4.79 Å². The van der Waals surface area contributed by atoms with Gasteiger partial charge in [0.2, 0.25) is 5.91 Å². The first-order valence-electron chi connectivity index (χ1n) is 4.89. The van der Waals surface area contributed by atoms with Crippen molar-refractivity contribution >= 4 is 11.6 Å². The van der Waals surface area contributed by atoms with Gasteiger partial charge in [0.1, 0.15) is 6.10 Å². The first-order valence-corrected chi connectivity index (χ1v) is 4.89. The van der Waals surface area contributed by atoms with Gasteiger partial charge < -0.3 is 21.7 Å². The van der Waals surface area contributed by atoms with E-state index in [0.29, 0.717) is 5.69 Å². The highest BCUT2D eigenvalue weighted by molar-refractivity contribution is 5.74. The molecule has 1 aromatic carbocycles. The maximum absolute atomic E-state index is 10.6. The van der Waals surface area contributed by atoms with Gasteiger partial charge in [0, 0.05) is 11.3 Å². The van der Waals surface area contributed by atoms with Gasteiger partial charge in [-0.2, -0.15) is 5.26 Å². The highest BCUT2D eigenvalue weighted by atomic mass is 16.3. The molecular weight excluding hydrogens is 222 g/mol. The van der Waals surface area contributed by atoms with E-state index in [0.717, 1.165) is 0 Å². The summed E-state index contributed by atoms with van der Waals surface area (Å²) in [4.78, 5) is 10.6. The molecule has 17 heavy (non-hydrogen) atoms. The van der Waals surface area contributed by atoms with Crippen molar-refractivity contribution < 1.29 is 15.0 Å². The molecule has 1 amide bonds. The Morgan fingerprint density at radius 2 is 2.12 bits per heavy atom. The number of anilines is 1. The third kappa shape index (κ3) is 3.17. The fourth-order valence-electron chi connectivity index (χ4n) is 1.45. The van der Waals surface area contributed by atoms with Crippen LogP contribution in [0.2, 0.25) is 0 Å². The first-order chi connectivity index (χ1) is 7.95. The van der Waals surface area contributed by atoms with E-state index in [4.69, 9.17) is 16.7 Å². The Balaban J connectivity index is 3.00. The second kappa shape index (κ2) is 5.30. The molecule has 0 aliphatic heterocycles. The predicted molar refractivity (Wildman–Crippen MR) is 60.3 cm³/mol. The molecule has 0 fully saturated rings. The minimum absolute atomic E-state index is 0.154. The Morgan fingerprint density at radius 1 is 1.47 bits per heavy atom. The molecule has 6 N–H and O–H groups in total. The smallest absolute Gasteiger partial charge is 0.220 e. The maximum Gasteiger partial charge on any atom is 0.220 e. The van der Waals surface area contributed by atoms with E-state index in [1.165, 1.54) is 18.2 Å². The largest absolute Gasteiger partial charge is 0.399 e. The van der Waals surface area contributed by atoms with Crippen LogP contribution in [0.1, 0.15) is 23.7 Å². The van der Waals surface area contributed by atoms with E-state index in [9.17, 15) is 15.0 Å².